The quantitative estimate of drug-likeness (QED) is 0.208. The molecule has 0 aromatic heterocycles. The number of Topliss-reactive ketones (excluding diaryl/α,β-unsaturated/α-hetero) is 1. The molecule has 6 nitrogen and oxygen atoms in total. The van der Waals surface area contributed by atoms with Gasteiger partial charge in [0, 0.05) is 65.4 Å². The number of ketones is 1. The fraction of sp³-hybridized carbons (Fsp3) is 0.219. The van der Waals surface area contributed by atoms with E-state index in [2.05, 4.69) is 19.2 Å². The highest BCUT2D eigenvalue weighted by atomic mass is 35.5. The number of non-ortho nitro benzene ring substituents is 1. The van der Waals surface area contributed by atoms with Gasteiger partial charge in [0.05, 0.1) is 4.92 Å². The highest BCUT2D eigenvalue weighted by Crippen LogP contribution is 2.48. The van der Waals surface area contributed by atoms with Crippen LogP contribution in [0.5, 0.6) is 0 Å². The molecule has 5 rings (SSSR count). The smallest absolute Gasteiger partial charge is 0.269 e. The lowest BCUT2D eigenvalue weighted by molar-refractivity contribution is -0.384. The average molecular weight is 540 g/mol. The molecule has 1 N–H and O–H groups in total. The van der Waals surface area contributed by atoms with E-state index in [1.165, 1.54) is 12.1 Å². The van der Waals surface area contributed by atoms with Gasteiger partial charge in [0.25, 0.3) is 5.69 Å². The van der Waals surface area contributed by atoms with Gasteiger partial charge in [-0.1, -0.05) is 61.8 Å². The minimum Gasteiger partial charge on any atom is -0.378 e. The first kappa shape index (κ1) is 26.4. The molecular weight excluding hydrogens is 510 g/mol. The van der Waals surface area contributed by atoms with Crippen molar-refractivity contribution < 1.29 is 9.72 Å². The summed E-state index contributed by atoms with van der Waals surface area (Å²) in [6.07, 6.45) is 4.67. The normalized spacial score (nSPS) is 19.3. The van der Waals surface area contributed by atoms with Crippen LogP contribution in [0, 0.1) is 15.5 Å². The summed E-state index contributed by atoms with van der Waals surface area (Å²) in [7, 11) is 3.99. The number of dihydropyridines is 1. The monoisotopic (exact) mass is 539 g/mol. The molecule has 39 heavy (non-hydrogen) atoms. The van der Waals surface area contributed by atoms with Crippen LogP contribution in [0.4, 0.5) is 11.4 Å². The number of nitro benzene ring substituents is 1. The number of rotatable bonds is 5. The topological polar surface area (TPSA) is 75.5 Å². The molecule has 3 aromatic carbocycles. The third-order valence-electron chi connectivity index (χ3n) is 7.43. The number of halogens is 1. The van der Waals surface area contributed by atoms with Gasteiger partial charge in [0.2, 0.25) is 0 Å². The van der Waals surface area contributed by atoms with Gasteiger partial charge in [-0.2, -0.15) is 0 Å². The van der Waals surface area contributed by atoms with E-state index >= 15 is 0 Å². The Morgan fingerprint density at radius 2 is 1.64 bits per heavy atom. The zero-order valence-corrected chi connectivity index (χ0v) is 23.1. The summed E-state index contributed by atoms with van der Waals surface area (Å²) < 4.78 is 0. The molecule has 0 amide bonds. The van der Waals surface area contributed by atoms with Crippen LogP contribution in [0.2, 0.25) is 5.02 Å². The molecule has 0 fully saturated rings. The number of hydrogen-bond donors (Lipinski definition) is 1. The zero-order valence-electron chi connectivity index (χ0n) is 22.4. The van der Waals surface area contributed by atoms with E-state index in [0.717, 1.165) is 39.3 Å². The summed E-state index contributed by atoms with van der Waals surface area (Å²) >= 11 is 6.13. The Balaban J connectivity index is 1.61. The van der Waals surface area contributed by atoms with E-state index in [1.54, 1.807) is 12.1 Å². The van der Waals surface area contributed by atoms with Gasteiger partial charge in [-0.3, -0.25) is 14.9 Å². The maximum absolute atomic E-state index is 14.3. The first-order valence-corrected chi connectivity index (χ1v) is 13.2. The number of nitro groups is 1. The number of nitrogens with one attached hydrogen (secondary N) is 1. The number of benzene rings is 3. The van der Waals surface area contributed by atoms with Crippen molar-refractivity contribution in [1.82, 2.24) is 5.32 Å². The summed E-state index contributed by atoms with van der Waals surface area (Å²) in [4.78, 5) is 27.2. The third-order valence-corrected chi connectivity index (χ3v) is 7.68. The van der Waals surface area contributed by atoms with Crippen LogP contribution in [0.15, 0.2) is 95.7 Å². The lowest BCUT2D eigenvalue weighted by Gasteiger charge is -2.40. The minimum absolute atomic E-state index is 0.0137. The minimum atomic E-state index is -0.414. The van der Waals surface area contributed by atoms with E-state index in [0.29, 0.717) is 17.0 Å². The fourth-order valence-corrected chi connectivity index (χ4v) is 5.40. The summed E-state index contributed by atoms with van der Waals surface area (Å²) in [5.74, 6) is -0.379. The molecule has 0 radical (unpaired) electrons. The molecule has 3 aromatic rings. The maximum Gasteiger partial charge on any atom is 0.269 e. The molecule has 1 atom stereocenters. The molecule has 1 aliphatic carbocycles. The lowest BCUT2D eigenvalue weighted by Crippen LogP contribution is -2.37. The maximum atomic E-state index is 14.3. The predicted molar refractivity (Wildman–Crippen MR) is 158 cm³/mol. The summed E-state index contributed by atoms with van der Waals surface area (Å²) in [6.45, 7) is 4.19. The van der Waals surface area contributed by atoms with Crippen molar-refractivity contribution in [2.75, 3.05) is 19.0 Å². The molecule has 0 saturated carbocycles. The summed E-state index contributed by atoms with van der Waals surface area (Å²) in [5.41, 5.74) is 6.61. The van der Waals surface area contributed by atoms with E-state index < -0.39 is 10.3 Å². The molecule has 0 spiro atoms. The van der Waals surface area contributed by atoms with Crippen molar-refractivity contribution >= 4 is 40.5 Å². The Labute approximate surface area is 233 Å². The van der Waals surface area contributed by atoms with Crippen LogP contribution in [0.3, 0.4) is 0 Å². The Morgan fingerprint density at radius 1 is 1.00 bits per heavy atom. The molecule has 0 bridgehead atoms. The predicted octanol–water partition coefficient (Wildman–Crippen LogP) is 7.38. The first-order valence-electron chi connectivity index (χ1n) is 12.8. The van der Waals surface area contributed by atoms with Crippen molar-refractivity contribution in [2.45, 2.75) is 26.2 Å². The van der Waals surface area contributed by atoms with Crippen molar-refractivity contribution in [3.8, 4) is 0 Å². The Bertz CT molecular complexity index is 1530. The number of carbonyl (C=O) groups excluding carboxylic acids is 1. The van der Waals surface area contributed by atoms with Crippen LogP contribution in [-0.2, 0) is 4.79 Å². The van der Waals surface area contributed by atoms with E-state index in [9.17, 15) is 14.9 Å². The molecular formula is C32H30ClN3O3. The van der Waals surface area contributed by atoms with Crippen LogP contribution in [0.25, 0.3) is 11.8 Å². The van der Waals surface area contributed by atoms with E-state index in [-0.39, 0.29) is 17.4 Å². The van der Waals surface area contributed by atoms with Crippen LogP contribution in [0.1, 0.15) is 42.9 Å². The molecule has 0 saturated heterocycles. The molecule has 7 heteroatoms. The lowest BCUT2D eigenvalue weighted by atomic mass is 9.67. The van der Waals surface area contributed by atoms with Crippen molar-refractivity contribution in [3.05, 3.63) is 128 Å². The van der Waals surface area contributed by atoms with E-state index in [1.807, 2.05) is 79.7 Å². The van der Waals surface area contributed by atoms with E-state index in [4.69, 9.17) is 11.6 Å². The first-order chi connectivity index (χ1) is 18.5. The summed E-state index contributed by atoms with van der Waals surface area (Å²) in [5, 5.41) is 15.5. The van der Waals surface area contributed by atoms with Gasteiger partial charge in [-0.05, 0) is 64.9 Å². The second-order valence-corrected chi connectivity index (χ2v) is 11.3. The Hall–Kier alpha value is -4.16. The van der Waals surface area contributed by atoms with Crippen LogP contribution < -0.4 is 10.2 Å². The SMILES string of the molecule is CN(C)c1ccc(/C=C2\C(=O)C3=C(CC2(C)C)NC(c2ccc(Cl)cc2)=CC3c2ccc([N+](=O)[O-])cc2)cc1. The van der Waals surface area contributed by atoms with Gasteiger partial charge in [-0.15, -0.1) is 0 Å². The van der Waals surface area contributed by atoms with Crippen molar-refractivity contribution in [1.29, 1.82) is 0 Å². The highest BCUT2D eigenvalue weighted by molar-refractivity contribution is 6.30. The number of anilines is 1. The number of nitrogens with zero attached hydrogens (tertiary/aromatic N) is 2. The van der Waals surface area contributed by atoms with Crippen LogP contribution >= 0.6 is 11.6 Å². The largest absolute Gasteiger partial charge is 0.378 e. The number of hydrogen-bond acceptors (Lipinski definition) is 5. The molecule has 1 aliphatic heterocycles. The van der Waals surface area contributed by atoms with Crippen LogP contribution in [-0.4, -0.2) is 24.8 Å². The van der Waals surface area contributed by atoms with Gasteiger partial charge in [0.15, 0.2) is 5.78 Å². The van der Waals surface area contributed by atoms with Gasteiger partial charge in [-0.25, -0.2) is 0 Å². The van der Waals surface area contributed by atoms with Crippen molar-refractivity contribution in [3.63, 3.8) is 0 Å². The summed E-state index contributed by atoms with van der Waals surface area (Å²) in [6, 6.07) is 22.2. The Morgan fingerprint density at radius 3 is 2.23 bits per heavy atom. The second kappa shape index (κ2) is 10.2. The van der Waals surface area contributed by atoms with Gasteiger partial charge in [0.1, 0.15) is 0 Å². The molecule has 2 aliphatic rings. The van der Waals surface area contributed by atoms with Crippen molar-refractivity contribution in [2.24, 2.45) is 5.41 Å². The zero-order chi connectivity index (χ0) is 27.9. The standard InChI is InChI=1S/C32H30ClN3O3/c1-32(2)19-29-30(31(37)27(32)17-20-5-13-24(14-6-20)35(3)4)26(21-9-15-25(16-10-21)36(38)39)18-28(34-29)22-7-11-23(33)12-8-22/h5-18,26,34H,19H2,1-4H3/b27-17+. The molecule has 1 unspecified atom stereocenters. The second-order valence-electron chi connectivity index (χ2n) is 10.9. The average Bonchev–Trinajstić information content (AvgIpc) is 2.91. The molecule has 198 valence electrons. The molecule has 1 heterocycles. The highest BCUT2D eigenvalue weighted by Gasteiger charge is 2.42. The third kappa shape index (κ3) is 5.25. The van der Waals surface area contributed by atoms with Gasteiger partial charge < -0.3 is 10.2 Å². The van der Waals surface area contributed by atoms with Gasteiger partial charge >= 0.3 is 0 Å². The fourth-order valence-electron chi connectivity index (χ4n) is 5.28. The number of allylic oxidation sites excluding steroid dienone is 4. The number of carbonyl (C=O) groups is 1. The Kier molecular flexibility index (Phi) is 6.91.